The van der Waals surface area contributed by atoms with E-state index in [0.29, 0.717) is 37.1 Å². The number of sulfonamides is 1. The molecule has 2 amide bonds. The average molecular weight is 651 g/mol. The SMILES string of the molecule is CC(C)NC(=S)NCC1CCN(C(=O)CC[C@H](NC(=O)[C@H]2CCCN2S(=O)(=O)c2cc(Cl)cc(Cl)c2)C(=O)O)CC1. The molecule has 2 fully saturated rings. The molecule has 15 heteroatoms. The maximum absolute atomic E-state index is 13.3. The van der Waals surface area contributed by atoms with Crippen LogP contribution >= 0.6 is 35.4 Å². The first-order valence-corrected chi connectivity index (χ1v) is 16.2. The molecule has 11 nitrogen and oxygen atoms in total. The Labute approximate surface area is 256 Å². The van der Waals surface area contributed by atoms with Gasteiger partial charge in [-0.25, -0.2) is 13.2 Å². The number of halogens is 2. The summed E-state index contributed by atoms with van der Waals surface area (Å²) in [6.07, 6.45) is 2.08. The second-order valence-corrected chi connectivity index (χ2v) is 13.8. The number of hydrogen-bond donors (Lipinski definition) is 4. The lowest BCUT2D eigenvalue weighted by Crippen LogP contribution is -2.51. The van der Waals surface area contributed by atoms with E-state index < -0.39 is 34.0 Å². The number of carboxylic acids is 1. The number of nitrogens with one attached hydrogen (secondary N) is 3. The molecule has 4 N–H and O–H groups in total. The molecular weight excluding hydrogens is 613 g/mol. The van der Waals surface area contributed by atoms with Gasteiger partial charge in [0.1, 0.15) is 12.1 Å². The molecule has 0 bridgehead atoms. The topological polar surface area (TPSA) is 148 Å². The van der Waals surface area contributed by atoms with Crippen molar-refractivity contribution in [2.24, 2.45) is 5.92 Å². The maximum atomic E-state index is 13.3. The molecule has 2 aliphatic rings. The highest BCUT2D eigenvalue weighted by Crippen LogP contribution is 2.30. The van der Waals surface area contributed by atoms with Gasteiger partial charge in [-0.05, 0) is 82.3 Å². The number of benzene rings is 1. The van der Waals surface area contributed by atoms with Crippen molar-refractivity contribution in [2.75, 3.05) is 26.2 Å². The van der Waals surface area contributed by atoms with E-state index in [9.17, 15) is 27.9 Å². The summed E-state index contributed by atoms with van der Waals surface area (Å²) in [5, 5.41) is 19.4. The Bertz CT molecular complexity index is 1220. The van der Waals surface area contributed by atoms with Crippen LogP contribution in [0.25, 0.3) is 0 Å². The zero-order valence-corrected chi connectivity index (χ0v) is 26.2. The lowest BCUT2D eigenvalue weighted by atomic mass is 9.96. The number of carbonyl (C=O) groups is 3. The fourth-order valence-electron chi connectivity index (χ4n) is 4.99. The fourth-order valence-corrected chi connectivity index (χ4v) is 7.69. The van der Waals surface area contributed by atoms with Gasteiger partial charge in [0.05, 0.1) is 4.90 Å². The van der Waals surface area contributed by atoms with Gasteiger partial charge < -0.3 is 26.0 Å². The van der Waals surface area contributed by atoms with Crippen LogP contribution in [0.4, 0.5) is 0 Å². The number of rotatable bonds is 11. The molecule has 1 aromatic carbocycles. The molecule has 41 heavy (non-hydrogen) atoms. The van der Waals surface area contributed by atoms with Gasteiger partial charge in [0.15, 0.2) is 5.11 Å². The van der Waals surface area contributed by atoms with Gasteiger partial charge in [0.25, 0.3) is 0 Å². The monoisotopic (exact) mass is 649 g/mol. The van der Waals surface area contributed by atoms with Crippen molar-refractivity contribution < 1.29 is 27.9 Å². The molecule has 0 aliphatic carbocycles. The molecule has 0 aromatic heterocycles. The van der Waals surface area contributed by atoms with Crippen molar-refractivity contribution in [1.82, 2.24) is 25.2 Å². The predicted molar refractivity (Wildman–Crippen MR) is 160 cm³/mol. The van der Waals surface area contributed by atoms with E-state index in [1.807, 2.05) is 13.8 Å². The number of piperidine rings is 1. The van der Waals surface area contributed by atoms with Crippen molar-refractivity contribution in [3.63, 3.8) is 0 Å². The molecule has 2 atom stereocenters. The summed E-state index contributed by atoms with van der Waals surface area (Å²) in [6.45, 7) is 5.93. The van der Waals surface area contributed by atoms with E-state index in [0.717, 1.165) is 17.1 Å². The van der Waals surface area contributed by atoms with Crippen molar-refractivity contribution in [2.45, 2.75) is 75.4 Å². The minimum absolute atomic E-state index is 0.0593. The van der Waals surface area contributed by atoms with Gasteiger partial charge in [-0.15, -0.1) is 0 Å². The Kier molecular flexibility index (Phi) is 12.0. The number of carboxylic acid groups (broad SMARTS) is 1. The summed E-state index contributed by atoms with van der Waals surface area (Å²) in [4.78, 5) is 39.4. The van der Waals surface area contributed by atoms with Crippen LogP contribution < -0.4 is 16.0 Å². The normalized spacial score (nSPS) is 19.1. The molecule has 2 aliphatic heterocycles. The molecule has 228 valence electrons. The van der Waals surface area contributed by atoms with Crippen LogP contribution in [-0.2, 0) is 24.4 Å². The second kappa shape index (κ2) is 14.8. The van der Waals surface area contributed by atoms with Crippen molar-refractivity contribution in [1.29, 1.82) is 0 Å². The Morgan fingerprint density at radius 3 is 2.27 bits per heavy atom. The number of aliphatic carboxylic acids is 1. The van der Waals surface area contributed by atoms with Crippen LogP contribution in [-0.4, -0.2) is 89.9 Å². The number of amides is 2. The lowest BCUT2D eigenvalue weighted by molar-refractivity contribution is -0.143. The first-order valence-electron chi connectivity index (χ1n) is 13.6. The largest absolute Gasteiger partial charge is 0.480 e. The minimum atomic E-state index is -4.11. The number of likely N-dealkylation sites (tertiary alicyclic amines) is 1. The summed E-state index contributed by atoms with van der Waals surface area (Å²) in [5.74, 6) is -1.84. The summed E-state index contributed by atoms with van der Waals surface area (Å²) >= 11 is 17.2. The first kappa shape index (κ1) is 33.3. The van der Waals surface area contributed by atoms with E-state index >= 15 is 0 Å². The van der Waals surface area contributed by atoms with E-state index in [4.69, 9.17) is 35.4 Å². The quantitative estimate of drug-likeness (QED) is 0.266. The molecule has 0 radical (unpaired) electrons. The van der Waals surface area contributed by atoms with E-state index in [2.05, 4.69) is 16.0 Å². The molecule has 2 saturated heterocycles. The highest BCUT2D eigenvalue weighted by molar-refractivity contribution is 7.89. The van der Waals surface area contributed by atoms with Crippen LogP contribution in [0.2, 0.25) is 10.0 Å². The summed E-state index contributed by atoms with van der Waals surface area (Å²) in [5.41, 5.74) is 0. The van der Waals surface area contributed by atoms with Crippen LogP contribution in [0.5, 0.6) is 0 Å². The summed E-state index contributed by atoms with van der Waals surface area (Å²) in [6, 6.07) is 1.71. The van der Waals surface area contributed by atoms with Gasteiger partial charge in [-0.2, -0.15) is 4.31 Å². The maximum Gasteiger partial charge on any atom is 0.326 e. The highest BCUT2D eigenvalue weighted by Gasteiger charge is 2.41. The van der Waals surface area contributed by atoms with Crippen molar-refractivity contribution in [3.8, 4) is 0 Å². The molecule has 0 spiro atoms. The third-order valence-corrected chi connectivity index (χ3v) is 9.73. The smallest absolute Gasteiger partial charge is 0.326 e. The van der Waals surface area contributed by atoms with Gasteiger partial charge in [0, 0.05) is 48.7 Å². The second-order valence-electron chi connectivity index (χ2n) is 10.7. The molecule has 0 unspecified atom stereocenters. The van der Waals surface area contributed by atoms with Gasteiger partial charge in [-0.1, -0.05) is 23.2 Å². The summed E-state index contributed by atoms with van der Waals surface area (Å²) in [7, 11) is -4.11. The lowest BCUT2D eigenvalue weighted by Gasteiger charge is -2.32. The first-order chi connectivity index (χ1) is 19.3. The number of carbonyl (C=O) groups excluding carboxylic acids is 2. The third kappa shape index (κ3) is 9.40. The van der Waals surface area contributed by atoms with Crippen LogP contribution in [0.1, 0.15) is 52.4 Å². The van der Waals surface area contributed by atoms with E-state index in [1.165, 1.54) is 18.2 Å². The predicted octanol–water partition coefficient (Wildman–Crippen LogP) is 2.61. The van der Waals surface area contributed by atoms with Crippen LogP contribution in [0.3, 0.4) is 0 Å². The number of hydrogen-bond acceptors (Lipinski definition) is 6. The Balaban J connectivity index is 1.52. The molecule has 2 heterocycles. The zero-order valence-electron chi connectivity index (χ0n) is 23.1. The Morgan fingerprint density at radius 2 is 1.68 bits per heavy atom. The zero-order chi connectivity index (χ0) is 30.3. The standard InChI is InChI=1S/C26H37Cl2N5O6S2/c1-16(2)30-26(40)29-15-17-7-10-32(11-8-17)23(34)6-5-21(25(36)37)31-24(35)22-4-3-9-33(22)41(38,39)20-13-18(27)12-19(28)14-20/h12-14,16-17,21-22H,3-11,15H2,1-2H3,(H,31,35)(H,36,37)(H2,29,30,40)/t21-,22+/m0/s1. The third-order valence-electron chi connectivity index (χ3n) is 7.15. The molecule has 3 rings (SSSR count). The Morgan fingerprint density at radius 1 is 1.05 bits per heavy atom. The molecular formula is C26H37Cl2N5O6S2. The molecule has 0 saturated carbocycles. The van der Waals surface area contributed by atoms with Crippen molar-refractivity contribution in [3.05, 3.63) is 28.2 Å². The average Bonchev–Trinajstić information content (AvgIpc) is 3.40. The van der Waals surface area contributed by atoms with E-state index in [-0.39, 0.29) is 52.7 Å². The van der Waals surface area contributed by atoms with Gasteiger partial charge in [-0.3, -0.25) is 9.59 Å². The van der Waals surface area contributed by atoms with E-state index in [1.54, 1.807) is 4.90 Å². The van der Waals surface area contributed by atoms with Gasteiger partial charge in [0.2, 0.25) is 21.8 Å². The highest BCUT2D eigenvalue weighted by atomic mass is 35.5. The van der Waals surface area contributed by atoms with Gasteiger partial charge >= 0.3 is 5.97 Å². The number of nitrogens with zero attached hydrogens (tertiary/aromatic N) is 2. The van der Waals surface area contributed by atoms with Crippen molar-refractivity contribution >= 4 is 68.3 Å². The van der Waals surface area contributed by atoms with Crippen LogP contribution in [0, 0.1) is 5.92 Å². The molecule has 1 aromatic rings. The summed E-state index contributed by atoms with van der Waals surface area (Å²) < 4.78 is 27.5. The van der Waals surface area contributed by atoms with Crippen LogP contribution in [0.15, 0.2) is 23.1 Å². The Hall–Kier alpha value is -2.19. The minimum Gasteiger partial charge on any atom is -0.480 e. The fraction of sp³-hybridized carbons (Fsp3) is 0.615. The number of thiocarbonyl (C=S) groups is 1.